The number of hydrogen-bond acceptors (Lipinski definition) is 3. The summed E-state index contributed by atoms with van der Waals surface area (Å²) < 4.78 is 5.28. The normalized spacial score (nSPS) is 11.8. The maximum atomic E-state index is 10.5. The van der Waals surface area contributed by atoms with Crippen molar-refractivity contribution in [2.45, 2.75) is 20.0 Å². The number of methoxy groups -OCH3 is 1. The highest BCUT2D eigenvalue weighted by Gasteiger charge is 2.15. The number of benzene rings is 2. The second kappa shape index (κ2) is 5.77. The summed E-state index contributed by atoms with van der Waals surface area (Å²) in [7, 11) is 1.64. The van der Waals surface area contributed by atoms with E-state index in [0.29, 0.717) is 5.56 Å². The molecular formula is C17H17NO2. The highest BCUT2D eigenvalue weighted by molar-refractivity contribution is 5.45. The summed E-state index contributed by atoms with van der Waals surface area (Å²) in [6.07, 6.45) is -0.702. The Kier molecular flexibility index (Phi) is 4.07. The molecule has 0 aliphatic carbocycles. The number of aryl methyl sites for hydroxylation is 2. The lowest BCUT2D eigenvalue weighted by atomic mass is 9.95. The van der Waals surface area contributed by atoms with Crippen molar-refractivity contribution in [3.8, 4) is 11.8 Å². The molecule has 2 aromatic rings. The van der Waals surface area contributed by atoms with Gasteiger partial charge < -0.3 is 9.84 Å². The first-order valence-corrected chi connectivity index (χ1v) is 6.40. The SMILES string of the molecule is COc1cc(C)c(C(O)c2ccc(C#N)cc2)cc1C. The van der Waals surface area contributed by atoms with Gasteiger partial charge in [-0.15, -0.1) is 0 Å². The summed E-state index contributed by atoms with van der Waals surface area (Å²) in [6, 6.07) is 12.9. The van der Waals surface area contributed by atoms with E-state index >= 15 is 0 Å². The summed E-state index contributed by atoms with van der Waals surface area (Å²) in [4.78, 5) is 0. The molecule has 1 unspecified atom stereocenters. The van der Waals surface area contributed by atoms with Gasteiger partial charge in [-0.05, 0) is 60.4 Å². The highest BCUT2D eigenvalue weighted by Crippen LogP contribution is 2.30. The van der Waals surface area contributed by atoms with E-state index in [1.807, 2.05) is 26.0 Å². The standard InChI is InChI=1S/C17H17NO2/c1-11-9-16(20-3)12(2)8-15(11)17(19)14-6-4-13(10-18)5-7-14/h4-9,17,19H,1-3H3. The van der Waals surface area contributed by atoms with Crippen molar-refractivity contribution in [1.29, 1.82) is 5.26 Å². The van der Waals surface area contributed by atoms with E-state index in [4.69, 9.17) is 10.00 Å². The summed E-state index contributed by atoms with van der Waals surface area (Å²) in [6.45, 7) is 3.90. The van der Waals surface area contributed by atoms with Gasteiger partial charge in [-0.3, -0.25) is 0 Å². The molecule has 0 spiro atoms. The van der Waals surface area contributed by atoms with Gasteiger partial charge in [0.15, 0.2) is 0 Å². The molecule has 0 bridgehead atoms. The molecule has 0 aliphatic heterocycles. The zero-order valence-electron chi connectivity index (χ0n) is 11.8. The fraction of sp³-hybridized carbons (Fsp3) is 0.235. The highest BCUT2D eigenvalue weighted by atomic mass is 16.5. The van der Waals surface area contributed by atoms with Crippen LogP contribution in [0.1, 0.15) is 33.9 Å². The van der Waals surface area contributed by atoms with E-state index in [9.17, 15) is 5.11 Å². The van der Waals surface area contributed by atoms with Crippen LogP contribution in [0.2, 0.25) is 0 Å². The molecule has 0 saturated heterocycles. The minimum atomic E-state index is -0.702. The molecule has 2 aromatic carbocycles. The van der Waals surface area contributed by atoms with Gasteiger partial charge in [-0.2, -0.15) is 5.26 Å². The number of aliphatic hydroxyl groups is 1. The zero-order chi connectivity index (χ0) is 14.7. The van der Waals surface area contributed by atoms with Crippen LogP contribution in [0, 0.1) is 25.2 Å². The van der Waals surface area contributed by atoms with Crippen molar-refractivity contribution >= 4 is 0 Å². The Hall–Kier alpha value is -2.31. The average molecular weight is 267 g/mol. The molecule has 3 heteroatoms. The summed E-state index contributed by atoms with van der Waals surface area (Å²) in [5.74, 6) is 0.818. The van der Waals surface area contributed by atoms with Crippen LogP contribution >= 0.6 is 0 Å². The zero-order valence-corrected chi connectivity index (χ0v) is 11.8. The molecule has 0 saturated carbocycles. The molecule has 1 N–H and O–H groups in total. The Bertz CT molecular complexity index is 654. The Morgan fingerprint density at radius 2 is 1.75 bits per heavy atom. The van der Waals surface area contributed by atoms with Gasteiger partial charge >= 0.3 is 0 Å². The lowest BCUT2D eigenvalue weighted by Gasteiger charge is -2.17. The first-order chi connectivity index (χ1) is 9.56. The van der Waals surface area contributed by atoms with E-state index < -0.39 is 6.10 Å². The molecule has 0 aromatic heterocycles. The average Bonchev–Trinajstić information content (AvgIpc) is 2.48. The Morgan fingerprint density at radius 3 is 2.30 bits per heavy atom. The number of ether oxygens (including phenoxy) is 1. The smallest absolute Gasteiger partial charge is 0.122 e. The van der Waals surface area contributed by atoms with Crippen LogP contribution < -0.4 is 4.74 Å². The minimum Gasteiger partial charge on any atom is -0.496 e. The molecule has 0 radical (unpaired) electrons. The van der Waals surface area contributed by atoms with E-state index in [2.05, 4.69) is 6.07 Å². The molecule has 0 fully saturated rings. The molecule has 102 valence electrons. The Morgan fingerprint density at radius 1 is 1.10 bits per heavy atom. The second-order valence-corrected chi connectivity index (χ2v) is 4.81. The van der Waals surface area contributed by atoms with Gasteiger partial charge in [0.25, 0.3) is 0 Å². The maximum Gasteiger partial charge on any atom is 0.122 e. The predicted molar refractivity (Wildman–Crippen MR) is 77.7 cm³/mol. The van der Waals surface area contributed by atoms with Crippen LogP contribution in [-0.2, 0) is 0 Å². The Balaban J connectivity index is 2.40. The molecule has 0 amide bonds. The van der Waals surface area contributed by atoms with Crippen LogP contribution in [0.3, 0.4) is 0 Å². The molecule has 2 rings (SSSR count). The van der Waals surface area contributed by atoms with Crippen molar-refractivity contribution in [1.82, 2.24) is 0 Å². The number of nitrogens with zero attached hydrogens (tertiary/aromatic N) is 1. The first kappa shape index (κ1) is 14.1. The lowest BCUT2D eigenvalue weighted by Crippen LogP contribution is -2.03. The third-order valence-corrected chi connectivity index (χ3v) is 3.43. The molecule has 0 heterocycles. The predicted octanol–water partition coefficient (Wildman–Crippen LogP) is 3.27. The van der Waals surface area contributed by atoms with Crippen LogP contribution in [0.4, 0.5) is 0 Å². The van der Waals surface area contributed by atoms with Gasteiger partial charge in [0.05, 0.1) is 18.7 Å². The van der Waals surface area contributed by atoms with Gasteiger partial charge in [0, 0.05) is 0 Å². The van der Waals surface area contributed by atoms with Crippen molar-refractivity contribution in [3.63, 3.8) is 0 Å². The largest absolute Gasteiger partial charge is 0.496 e. The Labute approximate surface area is 119 Å². The number of hydrogen-bond donors (Lipinski definition) is 1. The van der Waals surface area contributed by atoms with Gasteiger partial charge in [0.2, 0.25) is 0 Å². The summed E-state index contributed by atoms with van der Waals surface area (Å²) in [5.41, 5.74) is 4.18. The molecule has 20 heavy (non-hydrogen) atoms. The van der Waals surface area contributed by atoms with E-state index in [0.717, 1.165) is 28.0 Å². The fourth-order valence-corrected chi connectivity index (χ4v) is 2.25. The number of aliphatic hydroxyl groups excluding tert-OH is 1. The van der Waals surface area contributed by atoms with Gasteiger partial charge in [0.1, 0.15) is 11.9 Å². The lowest BCUT2D eigenvalue weighted by molar-refractivity contribution is 0.219. The van der Waals surface area contributed by atoms with E-state index in [1.165, 1.54) is 0 Å². The second-order valence-electron chi connectivity index (χ2n) is 4.81. The summed E-state index contributed by atoms with van der Waals surface area (Å²) >= 11 is 0. The monoisotopic (exact) mass is 267 g/mol. The fourth-order valence-electron chi connectivity index (χ4n) is 2.25. The minimum absolute atomic E-state index is 0.587. The first-order valence-electron chi connectivity index (χ1n) is 6.40. The van der Waals surface area contributed by atoms with Crippen molar-refractivity contribution in [2.75, 3.05) is 7.11 Å². The van der Waals surface area contributed by atoms with Crippen LogP contribution in [0.15, 0.2) is 36.4 Å². The molecule has 1 atom stereocenters. The topological polar surface area (TPSA) is 53.2 Å². The van der Waals surface area contributed by atoms with Crippen LogP contribution in [0.5, 0.6) is 5.75 Å². The number of rotatable bonds is 3. The van der Waals surface area contributed by atoms with Gasteiger partial charge in [-0.1, -0.05) is 12.1 Å². The third-order valence-electron chi connectivity index (χ3n) is 3.43. The molecular weight excluding hydrogens is 250 g/mol. The van der Waals surface area contributed by atoms with E-state index in [-0.39, 0.29) is 0 Å². The van der Waals surface area contributed by atoms with E-state index in [1.54, 1.807) is 31.4 Å². The summed E-state index contributed by atoms with van der Waals surface area (Å²) in [5, 5.41) is 19.3. The van der Waals surface area contributed by atoms with Crippen LogP contribution in [0.25, 0.3) is 0 Å². The van der Waals surface area contributed by atoms with Crippen LogP contribution in [-0.4, -0.2) is 12.2 Å². The van der Waals surface area contributed by atoms with Crippen molar-refractivity contribution in [2.24, 2.45) is 0 Å². The van der Waals surface area contributed by atoms with Gasteiger partial charge in [-0.25, -0.2) is 0 Å². The van der Waals surface area contributed by atoms with Crippen molar-refractivity contribution in [3.05, 3.63) is 64.2 Å². The van der Waals surface area contributed by atoms with Crippen molar-refractivity contribution < 1.29 is 9.84 Å². The molecule has 0 aliphatic rings. The quantitative estimate of drug-likeness (QED) is 0.928. The number of nitriles is 1. The third kappa shape index (κ3) is 2.66. The maximum absolute atomic E-state index is 10.5. The molecule has 3 nitrogen and oxygen atoms in total.